The summed E-state index contributed by atoms with van der Waals surface area (Å²) in [5, 5.41) is 9.14. The van der Waals surface area contributed by atoms with Gasteiger partial charge < -0.3 is 10.0 Å². The molecule has 0 aliphatic carbocycles. The number of aromatic nitrogens is 1. The number of pyridine rings is 1. The van der Waals surface area contributed by atoms with Crippen molar-refractivity contribution in [2.45, 2.75) is 6.54 Å². The number of rotatable bonds is 4. The van der Waals surface area contributed by atoms with E-state index in [0.717, 1.165) is 5.56 Å². The van der Waals surface area contributed by atoms with Gasteiger partial charge in [-0.25, -0.2) is 4.79 Å². The molecule has 2 aromatic rings. The molecule has 1 aromatic heterocycles. The first-order valence-corrected chi connectivity index (χ1v) is 6.54. The quantitative estimate of drug-likeness (QED) is 0.943. The lowest BCUT2D eigenvalue weighted by Crippen LogP contribution is -2.26. The maximum Gasteiger partial charge on any atom is 0.335 e. The minimum atomic E-state index is -0.977. The van der Waals surface area contributed by atoms with Crippen LogP contribution in [0.2, 0.25) is 5.02 Å². The van der Waals surface area contributed by atoms with Crippen molar-refractivity contribution in [1.82, 2.24) is 9.88 Å². The molecule has 108 valence electrons. The van der Waals surface area contributed by atoms with Crippen LogP contribution in [0, 0.1) is 0 Å². The van der Waals surface area contributed by atoms with Crippen LogP contribution in [0.5, 0.6) is 0 Å². The Morgan fingerprint density at radius 3 is 2.48 bits per heavy atom. The van der Waals surface area contributed by atoms with Crippen molar-refractivity contribution in [2.24, 2.45) is 0 Å². The summed E-state index contributed by atoms with van der Waals surface area (Å²) in [7, 11) is 1.66. The molecule has 1 aromatic carbocycles. The van der Waals surface area contributed by atoms with Gasteiger partial charge in [0.15, 0.2) is 0 Å². The average molecular weight is 305 g/mol. The van der Waals surface area contributed by atoms with Crippen molar-refractivity contribution in [2.75, 3.05) is 7.05 Å². The lowest BCUT2D eigenvalue weighted by Gasteiger charge is -2.18. The standard InChI is InChI=1S/C15H13ClN2O3/c1-18(14(19)12-6-7-17-8-13(12)16)9-10-2-4-11(5-3-10)15(20)21/h2-8H,9H2,1H3,(H,20,21). The SMILES string of the molecule is CN(Cc1ccc(C(=O)O)cc1)C(=O)c1ccncc1Cl. The minimum Gasteiger partial charge on any atom is -0.478 e. The van der Waals surface area contributed by atoms with Crippen LogP contribution in [0.15, 0.2) is 42.7 Å². The fourth-order valence-electron chi connectivity index (χ4n) is 1.85. The number of carbonyl (C=O) groups is 2. The van der Waals surface area contributed by atoms with Crippen LogP contribution >= 0.6 is 11.6 Å². The molecule has 0 aliphatic heterocycles. The van der Waals surface area contributed by atoms with E-state index in [1.165, 1.54) is 29.4 Å². The van der Waals surface area contributed by atoms with E-state index in [9.17, 15) is 9.59 Å². The highest BCUT2D eigenvalue weighted by Gasteiger charge is 2.15. The summed E-state index contributed by atoms with van der Waals surface area (Å²) >= 11 is 5.95. The lowest BCUT2D eigenvalue weighted by molar-refractivity contribution is 0.0695. The lowest BCUT2D eigenvalue weighted by atomic mass is 10.1. The molecule has 0 fully saturated rings. The van der Waals surface area contributed by atoms with Gasteiger partial charge in [-0.1, -0.05) is 23.7 Å². The van der Waals surface area contributed by atoms with Gasteiger partial charge in [0, 0.05) is 26.0 Å². The largest absolute Gasteiger partial charge is 0.478 e. The zero-order valence-corrected chi connectivity index (χ0v) is 12.0. The predicted octanol–water partition coefficient (Wildman–Crippen LogP) is 2.71. The Bertz CT molecular complexity index is 671. The Labute approximate surface area is 126 Å². The van der Waals surface area contributed by atoms with E-state index < -0.39 is 5.97 Å². The Balaban J connectivity index is 2.10. The molecular formula is C15H13ClN2O3. The normalized spacial score (nSPS) is 10.2. The van der Waals surface area contributed by atoms with Crippen LogP contribution in [-0.2, 0) is 6.54 Å². The molecule has 0 unspecified atom stereocenters. The second-order valence-electron chi connectivity index (χ2n) is 4.52. The molecule has 1 amide bonds. The van der Waals surface area contributed by atoms with Crippen molar-refractivity contribution in [3.63, 3.8) is 0 Å². The predicted molar refractivity (Wildman–Crippen MR) is 78.4 cm³/mol. The van der Waals surface area contributed by atoms with E-state index in [-0.39, 0.29) is 11.5 Å². The van der Waals surface area contributed by atoms with E-state index in [1.807, 2.05) is 0 Å². The second kappa shape index (κ2) is 6.37. The summed E-state index contributed by atoms with van der Waals surface area (Å²) in [6, 6.07) is 7.95. The second-order valence-corrected chi connectivity index (χ2v) is 4.93. The number of carbonyl (C=O) groups excluding carboxylic acids is 1. The number of hydrogen-bond acceptors (Lipinski definition) is 3. The van der Waals surface area contributed by atoms with Crippen LogP contribution in [0.25, 0.3) is 0 Å². The molecule has 0 spiro atoms. The highest BCUT2D eigenvalue weighted by atomic mass is 35.5. The van der Waals surface area contributed by atoms with Gasteiger partial charge in [-0.2, -0.15) is 0 Å². The van der Waals surface area contributed by atoms with Crippen LogP contribution in [0.1, 0.15) is 26.3 Å². The number of aromatic carboxylic acids is 1. The highest BCUT2D eigenvalue weighted by Crippen LogP contribution is 2.16. The third-order valence-corrected chi connectivity index (χ3v) is 3.27. The summed E-state index contributed by atoms with van der Waals surface area (Å²) in [5.41, 5.74) is 1.43. The first kappa shape index (κ1) is 15.0. The van der Waals surface area contributed by atoms with Crippen LogP contribution in [0.4, 0.5) is 0 Å². The molecule has 0 radical (unpaired) electrons. The van der Waals surface area contributed by atoms with E-state index in [1.54, 1.807) is 25.2 Å². The molecule has 1 N–H and O–H groups in total. The monoisotopic (exact) mass is 304 g/mol. The molecule has 6 heteroatoms. The fraction of sp³-hybridized carbons (Fsp3) is 0.133. The van der Waals surface area contributed by atoms with Gasteiger partial charge in [0.25, 0.3) is 5.91 Å². The molecule has 0 saturated heterocycles. The number of benzene rings is 1. The van der Waals surface area contributed by atoms with Gasteiger partial charge in [0.1, 0.15) is 0 Å². The number of halogens is 1. The summed E-state index contributed by atoms with van der Waals surface area (Å²) in [6.07, 6.45) is 2.93. The molecule has 0 atom stereocenters. The van der Waals surface area contributed by atoms with Gasteiger partial charge in [0.2, 0.25) is 0 Å². The summed E-state index contributed by atoms with van der Waals surface area (Å²) < 4.78 is 0. The maximum absolute atomic E-state index is 12.3. The Morgan fingerprint density at radius 2 is 1.90 bits per heavy atom. The van der Waals surface area contributed by atoms with Gasteiger partial charge in [0.05, 0.1) is 16.1 Å². The Kier molecular flexibility index (Phi) is 4.55. The Morgan fingerprint density at radius 1 is 1.24 bits per heavy atom. The smallest absolute Gasteiger partial charge is 0.335 e. The molecule has 0 aliphatic rings. The van der Waals surface area contributed by atoms with E-state index in [2.05, 4.69) is 4.98 Å². The van der Waals surface area contributed by atoms with Crippen molar-refractivity contribution in [3.05, 3.63) is 64.4 Å². The van der Waals surface area contributed by atoms with Crippen LogP contribution < -0.4 is 0 Å². The number of carboxylic acids is 1. The summed E-state index contributed by atoms with van der Waals surface area (Å²) in [4.78, 5) is 28.4. The summed E-state index contributed by atoms with van der Waals surface area (Å²) in [5.74, 6) is -1.20. The topological polar surface area (TPSA) is 70.5 Å². The van der Waals surface area contributed by atoms with Crippen molar-refractivity contribution >= 4 is 23.5 Å². The first-order chi connectivity index (χ1) is 9.99. The highest BCUT2D eigenvalue weighted by molar-refractivity contribution is 6.33. The molecule has 0 saturated carbocycles. The summed E-state index contributed by atoms with van der Waals surface area (Å²) in [6.45, 7) is 0.359. The molecule has 5 nitrogen and oxygen atoms in total. The zero-order valence-electron chi connectivity index (χ0n) is 11.3. The van der Waals surface area contributed by atoms with Crippen LogP contribution in [-0.4, -0.2) is 33.9 Å². The van der Waals surface area contributed by atoms with Crippen molar-refractivity contribution in [3.8, 4) is 0 Å². The van der Waals surface area contributed by atoms with E-state index in [4.69, 9.17) is 16.7 Å². The van der Waals surface area contributed by atoms with Crippen molar-refractivity contribution < 1.29 is 14.7 Å². The first-order valence-electron chi connectivity index (χ1n) is 6.16. The third kappa shape index (κ3) is 3.58. The molecule has 1 heterocycles. The minimum absolute atomic E-state index is 0.213. The van der Waals surface area contributed by atoms with Crippen LogP contribution in [0.3, 0.4) is 0 Å². The third-order valence-electron chi connectivity index (χ3n) is 2.97. The molecule has 2 rings (SSSR count). The number of carboxylic acid groups (broad SMARTS) is 1. The average Bonchev–Trinajstić information content (AvgIpc) is 2.47. The zero-order chi connectivity index (χ0) is 15.4. The van der Waals surface area contributed by atoms with Gasteiger partial charge in [-0.3, -0.25) is 9.78 Å². The molecule has 21 heavy (non-hydrogen) atoms. The number of amides is 1. The molecule has 0 bridgehead atoms. The van der Waals surface area contributed by atoms with Gasteiger partial charge >= 0.3 is 5.97 Å². The Hall–Kier alpha value is -2.40. The number of nitrogens with zero attached hydrogens (tertiary/aromatic N) is 2. The molecular weight excluding hydrogens is 292 g/mol. The van der Waals surface area contributed by atoms with E-state index >= 15 is 0 Å². The number of hydrogen-bond donors (Lipinski definition) is 1. The maximum atomic E-state index is 12.3. The fourth-order valence-corrected chi connectivity index (χ4v) is 2.05. The van der Waals surface area contributed by atoms with E-state index in [0.29, 0.717) is 17.1 Å². The van der Waals surface area contributed by atoms with Crippen molar-refractivity contribution in [1.29, 1.82) is 0 Å². The van der Waals surface area contributed by atoms with Gasteiger partial charge in [-0.15, -0.1) is 0 Å². The van der Waals surface area contributed by atoms with Gasteiger partial charge in [-0.05, 0) is 23.8 Å².